The molecule has 206 valence electrons. The van der Waals surface area contributed by atoms with Crippen molar-refractivity contribution in [1.82, 2.24) is 0 Å². The van der Waals surface area contributed by atoms with E-state index in [4.69, 9.17) is 23.9 Å². The van der Waals surface area contributed by atoms with E-state index in [9.17, 15) is 0 Å². The molecule has 6 heteroatoms. The van der Waals surface area contributed by atoms with Gasteiger partial charge in [0.1, 0.15) is 0 Å². The van der Waals surface area contributed by atoms with Crippen molar-refractivity contribution >= 4 is 49.6 Å². The Morgan fingerprint density at radius 3 is 1.95 bits per heavy atom. The van der Waals surface area contributed by atoms with Crippen LogP contribution in [0.4, 0.5) is 22.7 Å². The van der Waals surface area contributed by atoms with E-state index in [0.717, 1.165) is 17.3 Å². The molecule has 1 saturated carbocycles. The molecule has 0 spiro atoms. The molecule has 1 fully saturated rings. The van der Waals surface area contributed by atoms with E-state index in [1.54, 1.807) is 11.1 Å². The number of hydrogen-bond acceptors (Lipinski definition) is 1. The predicted molar refractivity (Wildman–Crippen MR) is 168 cm³/mol. The normalized spacial score (nSPS) is 23.6. The molecule has 2 aromatic carbocycles. The van der Waals surface area contributed by atoms with Gasteiger partial charge >= 0.3 is 35.6 Å². The molecule has 38 heavy (non-hydrogen) atoms. The Morgan fingerprint density at radius 1 is 0.947 bits per heavy atom. The van der Waals surface area contributed by atoms with Gasteiger partial charge in [-0.3, -0.25) is 0 Å². The zero-order valence-electron chi connectivity index (χ0n) is 24.3. The minimum absolute atomic E-state index is 0. The van der Waals surface area contributed by atoms with Gasteiger partial charge in [0, 0.05) is 11.4 Å². The van der Waals surface area contributed by atoms with Gasteiger partial charge in [-0.2, -0.15) is 0 Å². The Kier molecular flexibility index (Phi) is 10.9. The maximum absolute atomic E-state index is 5.05. The third-order valence-corrected chi connectivity index (χ3v) is 12.9. The van der Waals surface area contributed by atoms with Crippen molar-refractivity contribution in [1.29, 1.82) is 0 Å². The summed E-state index contributed by atoms with van der Waals surface area (Å²) in [5, 5.41) is 5.05. The molecular formula is C32H44Cl2N2SiTi-2. The number of halogens is 2. The summed E-state index contributed by atoms with van der Waals surface area (Å²) in [6.45, 7) is 17.2. The maximum atomic E-state index is 5.05. The standard InChI is InChI=1S/C31H41N2Si.CH3.2ClH.Ti/c1-8-22-17-25-24(21(4)5)18-23(20(2)3)19-26(25)31(22)34(6,7)33-29-15-11-9-13-27(29)32-28-14-10-12-16-30(28)33;;;;/h9-16,18-22,25-26,31H,8,17H2,1-7H3;1H3;2*1H;/q2*-1;;;+2/p-2. The van der Waals surface area contributed by atoms with E-state index in [1.165, 1.54) is 24.2 Å². The Labute approximate surface area is 250 Å². The summed E-state index contributed by atoms with van der Waals surface area (Å²) in [6.07, 6.45) is 7.90. The van der Waals surface area contributed by atoms with Crippen LogP contribution in [-0.4, -0.2) is 8.24 Å². The number of anilines is 2. The third kappa shape index (κ3) is 5.88. The molecule has 1 heterocycles. The number of allylic oxidation sites excluding steroid dienone is 4. The van der Waals surface area contributed by atoms with Crippen LogP contribution >= 0.6 is 18.6 Å². The fraction of sp³-hybridized carbons (Fsp3) is 0.469. The van der Waals surface area contributed by atoms with Gasteiger partial charge < -0.3 is 17.3 Å². The first-order valence-corrected chi connectivity index (χ1v) is 21.1. The van der Waals surface area contributed by atoms with Gasteiger partial charge in [0.25, 0.3) is 0 Å². The van der Waals surface area contributed by atoms with Crippen molar-refractivity contribution in [2.75, 3.05) is 4.57 Å². The van der Waals surface area contributed by atoms with Crippen LogP contribution in [0.1, 0.15) is 47.5 Å². The molecule has 5 rings (SSSR count). The van der Waals surface area contributed by atoms with Gasteiger partial charge in [0.2, 0.25) is 0 Å². The molecule has 2 aromatic rings. The van der Waals surface area contributed by atoms with Crippen LogP contribution < -0.4 is 4.57 Å². The van der Waals surface area contributed by atoms with Crippen molar-refractivity contribution in [3.8, 4) is 0 Å². The monoisotopic (exact) mass is 602 g/mol. The first-order chi connectivity index (χ1) is 17.6. The van der Waals surface area contributed by atoms with Gasteiger partial charge in [0.05, 0.1) is 0 Å². The second-order valence-corrected chi connectivity index (χ2v) is 18.9. The summed E-state index contributed by atoms with van der Waals surface area (Å²) in [5.74, 6) is 3.30. The van der Waals surface area contributed by atoms with Crippen LogP contribution in [0, 0.1) is 37.0 Å². The number of rotatable bonds is 5. The molecule has 0 bridgehead atoms. The topological polar surface area (TPSA) is 17.3 Å². The molecule has 0 saturated heterocycles. The summed E-state index contributed by atoms with van der Waals surface area (Å²) in [7, 11) is 7.79. The summed E-state index contributed by atoms with van der Waals surface area (Å²) in [5.41, 5.74) is 8.82. The van der Waals surface area contributed by atoms with Gasteiger partial charge in [-0.1, -0.05) is 108 Å². The molecule has 4 atom stereocenters. The number of nitrogens with zero attached hydrogens (tertiary/aromatic N) is 2. The number of para-hydroxylation sites is 4. The van der Waals surface area contributed by atoms with E-state index >= 15 is 0 Å². The Morgan fingerprint density at radius 2 is 1.47 bits per heavy atom. The van der Waals surface area contributed by atoms with Crippen LogP contribution in [0.25, 0.3) is 5.32 Å². The third-order valence-electron chi connectivity index (χ3n) is 8.83. The van der Waals surface area contributed by atoms with Crippen molar-refractivity contribution in [2.45, 2.75) is 66.1 Å². The van der Waals surface area contributed by atoms with Crippen LogP contribution in [0.2, 0.25) is 18.6 Å². The van der Waals surface area contributed by atoms with Crippen molar-refractivity contribution < 1.29 is 17.0 Å². The van der Waals surface area contributed by atoms with Gasteiger partial charge in [-0.05, 0) is 59.3 Å². The van der Waals surface area contributed by atoms with E-state index in [0.29, 0.717) is 29.2 Å². The van der Waals surface area contributed by atoms with E-state index in [-0.39, 0.29) is 7.43 Å². The fourth-order valence-electron chi connectivity index (χ4n) is 7.29. The fourth-order valence-corrected chi connectivity index (χ4v) is 12.0. The molecular weight excluding hydrogens is 559 g/mol. The quantitative estimate of drug-likeness (QED) is 0.246. The molecule has 0 aromatic heterocycles. The molecule has 2 nitrogen and oxygen atoms in total. The molecule has 2 aliphatic carbocycles. The zero-order chi connectivity index (χ0) is 26.9. The molecule has 4 unspecified atom stereocenters. The first-order valence-electron chi connectivity index (χ1n) is 13.7. The zero-order valence-corrected chi connectivity index (χ0v) is 28.4. The van der Waals surface area contributed by atoms with Gasteiger partial charge in [-0.15, -0.1) is 11.4 Å². The van der Waals surface area contributed by atoms with Crippen LogP contribution in [-0.2, 0) is 17.0 Å². The predicted octanol–water partition coefficient (Wildman–Crippen LogP) is 11.7. The molecule has 1 aliphatic heterocycles. The van der Waals surface area contributed by atoms with E-state index in [2.05, 4.69) is 113 Å². The molecule has 0 amide bonds. The number of hydrogen-bond donors (Lipinski definition) is 0. The molecule has 0 N–H and O–H groups in total. The van der Waals surface area contributed by atoms with Crippen LogP contribution in [0.3, 0.4) is 0 Å². The Balaban J connectivity index is 0.000000956. The Hall–Kier alpha value is -0.969. The summed E-state index contributed by atoms with van der Waals surface area (Å²) < 4.78 is 2.77. The van der Waals surface area contributed by atoms with Gasteiger partial charge in [0.15, 0.2) is 8.24 Å². The Bertz CT molecular complexity index is 1110. The van der Waals surface area contributed by atoms with Gasteiger partial charge in [-0.25, -0.2) is 0 Å². The van der Waals surface area contributed by atoms with E-state index < -0.39 is 25.3 Å². The second kappa shape index (κ2) is 13.1. The van der Waals surface area contributed by atoms with Crippen molar-refractivity contribution in [2.24, 2.45) is 29.6 Å². The van der Waals surface area contributed by atoms with Crippen LogP contribution in [0.15, 0.2) is 71.8 Å². The number of fused-ring (bicyclic) bond motifs is 3. The molecule has 0 radical (unpaired) electrons. The SMILES string of the molecule is CCC1CC2C(C(C)C)=CC(C(C)C)=CC2C1[Si](C)(C)N1c2ccccc2[N-]c2ccccc21.[CH3-].[Cl][Ti][Cl]. The average molecular weight is 604 g/mol. The summed E-state index contributed by atoms with van der Waals surface area (Å²) in [6, 6.07) is 17.6. The van der Waals surface area contributed by atoms with Crippen molar-refractivity contribution in [3.63, 3.8) is 0 Å². The molecule has 3 aliphatic rings. The van der Waals surface area contributed by atoms with Crippen molar-refractivity contribution in [3.05, 3.63) is 84.6 Å². The van der Waals surface area contributed by atoms with E-state index in [1.807, 2.05) is 0 Å². The summed E-state index contributed by atoms with van der Waals surface area (Å²) in [4.78, 5) is 0. The average Bonchev–Trinajstić information content (AvgIpc) is 3.26. The number of benzene rings is 2. The summed E-state index contributed by atoms with van der Waals surface area (Å²) >= 11 is -0.556. The first kappa shape index (κ1) is 31.6. The minimum atomic E-state index is -1.99. The second-order valence-electron chi connectivity index (χ2n) is 11.9. The van der Waals surface area contributed by atoms with Crippen LogP contribution in [0.5, 0.6) is 0 Å².